The van der Waals surface area contributed by atoms with Crippen molar-refractivity contribution in [3.05, 3.63) is 65.1 Å². The smallest absolute Gasteiger partial charge is 0.341 e. The van der Waals surface area contributed by atoms with Crippen LogP contribution in [0, 0.1) is 31.3 Å². The van der Waals surface area contributed by atoms with Crippen LogP contribution in [0.3, 0.4) is 0 Å². The lowest BCUT2D eigenvalue weighted by Crippen LogP contribution is -2.58. The first-order valence-electron chi connectivity index (χ1n) is 10.6. The number of aryl methyl sites for hydroxylation is 2. The Kier molecular flexibility index (Phi) is 5.42. The van der Waals surface area contributed by atoms with Crippen LogP contribution in [0.5, 0.6) is 5.75 Å². The number of pyridine rings is 1. The predicted octanol–water partition coefficient (Wildman–Crippen LogP) is 3.31. The largest absolute Gasteiger partial charge is 0.483 e. The van der Waals surface area contributed by atoms with Gasteiger partial charge >= 0.3 is 6.03 Å². The molecule has 5 rings (SSSR count). The van der Waals surface area contributed by atoms with E-state index in [9.17, 15) is 18.0 Å². The van der Waals surface area contributed by atoms with E-state index in [1.54, 1.807) is 13.8 Å². The molecule has 12 heteroatoms. The van der Waals surface area contributed by atoms with Crippen LogP contribution >= 0.6 is 0 Å². The third-order valence-corrected chi connectivity index (χ3v) is 5.61. The van der Waals surface area contributed by atoms with Crippen molar-refractivity contribution in [2.45, 2.75) is 32.4 Å². The van der Waals surface area contributed by atoms with Gasteiger partial charge in [-0.15, -0.1) is 5.10 Å². The van der Waals surface area contributed by atoms with Gasteiger partial charge < -0.3 is 9.64 Å². The number of amides is 2. The van der Waals surface area contributed by atoms with Gasteiger partial charge in [-0.1, -0.05) is 0 Å². The number of rotatable bonds is 4. The van der Waals surface area contributed by atoms with Gasteiger partial charge in [0.25, 0.3) is 0 Å². The number of halogens is 3. The normalized spacial score (nSPS) is 17.9. The summed E-state index contributed by atoms with van der Waals surface area (Å²) in [7, 11) is 0. The molecule has 2 aliphatic heterocycles. The fraction of sp³-hybridized carbons (Fsp3) is 0.318. The van der Waals surface area contributed by atoms with E-state index >= 15 is 0 Å². The van der Waals surface area contributed by atoms with Crippen LogP contribution in [0.2, 0.25) is 0 Å². The van der Waals surface area contributed by atoms with Gasteiger partial charge in [-0.2, -0.15) is 9.78 Å². The lowest BCUT2D eigenvalue weighted by molar-refractivity contribution is 0.0256. The fourth-order valence-corrected chi connectivity index (χ4v) is 3.99. The van der Waals surface area contributed by atoms with E-state index in [1.165, 1.54) is 39.0 Å². The third-order valence-electron chi connectivity index (χ3n) is 5.61. The minimum Gasteiger partial charge on any atom is -0.483 e. The van der Waals surface area contributed by atoms with Crippen LogP contribution < -0.4 is 4.74 Å². The van der Waals surface area contributed by atoms with Gasteiger partial charge in [0.2, 0.25) is 0 Å². The molecule has 1 saturated heterocycles. The number of hydrogen-bond acceptors (Lipinski definition) is 6. The van der Waals surface area contributed by atoms with E-state index in [0.717, 1.165) is 12.3 Å². The lowest BCUT2D eigenvalue weighted by Gasteiger charge is -2.41. The summed E-state index contributed by atoms with van der Waals surface area (Å²) in [5.74, 6) is -0.575. The van der Waals surface area contributed by atoms with Gasteiger partial charge in [-0.3, -0.25) is 0 Å². The highest BCUT2D eigenvalue weighted by molar-refractivity contribution is 5.79. The van der Waals surface area contributed by atoms with E-state index in [0.29, 0.717) is 29.5 Å². The molecule has 176 valence electrons. The quantitative estimate of drug-likeness (QED) is 0.583. The number of carbonyl (C=O) groups excluding carboxylic acids is 1. The zero-order valence-corrected chi connectivity index (χ0v) is 18.3. The molecule has 1 fully saturated rings. The second-order valence-electron chi connectivity index (χ2n) is 8.12. The first-order valence-corrected chi connectivity index (χ1v) is 10.6. The lowest BCUT2D eigenvalue weighted by atomic mass is 10.0. The molecule has 2 amide bonds. The second-order valence-corrected chi connectivity index (χ2v) is 8.12. The fourth-order valence-electron chi connectivity index (χ4n) is 3.99. The van der Waals surface area contributed by atoms with E-state index < -0.39 is 35.6 Å². The zero-order chi connectivity index (χ0) is 24.0. The van der Waals surface area contributed by atoms with Gasteiger partial charge in [-0.25, -0.2) is 32.9 Å². The molecule has 1 unspecified atom stereocenters. The molecular weight excluding hydrogens is 451 g/mol. The summed E-state index contributed by atoms with van der Waals surface area (Å²) in [4.78, 5) is 22.6. The van der Waals surface area contributed by atoms with E-state index in [2.05, 4.69) is 20.2 Å². The van der Waals surface area contributed by atoms with Crippen LogP contribution in [0.15, 0.2) is 35.6 Å². The zero-order valence-electron chi connectivity index (χ0n) is 18.3. The van der Waals surface area contributed by atoms with Crippen molar-refractivity contribution in [3.8, 4) is 11.6 Å². The average Bonchev–Trinajstić information content (AvgIpc) is 3.37. The summed E-state index contributed by atoms with van der Waals surface area (Å²) in [6.07, 6.45) is 2.48. The second kappa shape index (κ2) is 8.43. The number of ether oxygens (including phenoxy) is 1. The molecule has 3 aromatic rings. The summed E-state index contributed by atoms with van der Waals surface area (Å²) >= 11 is 0. The van der Waals surface area contributed by atoms with Gasteiger partial charge in [-0.05, 0) is 31.5 Å². The van der Waals surface area contributed by atoms with Crippen LogP contribution in [0.25, 0.3) is 5.82 Å². The van der Waals surface area contributed by atoms with Crippen molar-refractivity contribution >= 4 is 12.2 Å². The summed E-state index contributed by atoms with van der Waals surface area (Å²) in [5.41, 5.74) is 0.321. The number of aromatic nitrogens is 4. The molecule has 1 atom stereocenters. The third kappa shape index (κ3) is 4.06. The van der Waals surface area contributed by atoms with Crippen LogP contribution in [0.1, 0.15) is 29.7 Å². The number of benzene rings is 1. The van der Waals surface area contributed by atoms with Crippen LogP contribution in [0.4, 0.5) is 18.0 Å². The maximum Gasteiger partial charge on any atom is 0.341 e. The Morgan fingerprint density at radius 3 is 2.50 bits per heavy atom. The topological polar surface area (TPSA) is 88.7 Å². The summed E-state index contributed by atoms with van der Waals surface area (Å²) in [6, 6.07) is 3.55. The Labute approximate surface area is 192 Å². The Hall–Kier alpha value is -3.96. The molecule has 0 N–H and O–H groups in total. The standard InChI is InChI=1S/C22H20F3N7O2/c1-12-28-13(2)31(29-12)21-8-20(18(25)9-26-21)34-17-10-30(11-17)22(33)32-19(3-4-27-32)14-5-15(23)7-16(24)6-14/h4-9,17,19H,3,10-11H2,1-2H3. The molecule has 0 saturated carbocycles. The highest BCUT2D eigenvalue weighted by Gasteiger charge is 2.39. The Balaban J connectivity index is 1.24. The van der Waals surface area contributed by atoms with E-state index in [-0.39, 0.29) is 18.8 Å². The van der Waals surface area contributed by atoms with Crippen molar-refractivity contribution in [1.29, 1.82) is 0 Å². The van der Waals surface area contributed by atoms with Crippen molar-refractivity contribution < 1.29 is 22.7 Å². The number of hydrazone groups is 1. The number of likely N-dealkylation sites (tertiary alicyclic amines) is 1. The van der Waals surface area contributed by atoms with E-state index in [4.69, 9.17) is 4.74 Å². The maximum absolute atomic E-state index is 14.3. The summed E-state index contributed by atoms with van der Waals surface area (Å²) in [6.45, 7) is 3.90. The number of carbonyl (C=O) groups is 1. The van der Waals surface area contributed by atoms with Crippen molar-refractivity contribution in [2.24, 2.45) is 5.10 Å². The first-order chi connectivity index (χ1) is 16.3. The first kappa shape index (κ1) is 21.9. The molecule has 9 nitrogen and oxygen atoms in total. The molecule has 0 spiro atoms. The molecule has 0 radical (unpaired) electrons. The number of hydrogen-bond donors (Lipinski definition) is 0. The predicted molar refractivity (Wildman–Crippen MR) is 114 cm³/mol. The summed E-state index contributed by atoms with van der Waals surface area (Å²) < 4.78 is 48.8. The minimum absolute atomic E-state index is 0.0121. The van der Waals surface area contributed by atoms with Crippen LogP contribution in [-0.2, 0) is 0 Å². The van der Waals surface area contributed by atoms with Gasteiger partial charge in [0.05, 0.1) is 25.3 Å². The summed E-state index contributed by atoms with van der Waals surface area (Å²) in [5, 5.41) is 9.51. The van der Waals surface area contributed by atoms with E-state index in [1.807, 2.05) is 0 Å². The molecule has 34 heavy (non-hydrogen) atoms. The van der Waals surface area contributed by atoms with Gasteiger partial charge in [0, 0.05) is 24.8 Å². The Morgan fingerprint density at radius 1 is 1.09 bits per heavy atom. The highest BCUT2D eigenvalue weighted by Crippen LogP contribution is 2.32. The molecule has 1 aromatic carbocycles. The molecule has 2 aromatic heterocycles. The minimum atomic E-state index is -0.721. The molecule has 2 aliphatic rings. The van der Waals surface area contributed by atoms with Gasteiger partial charge in [0.1, 0.15) is 29.4 Å². The SMILES string of the molecule is Cc1nc(C)n(-c2cc(OC3CN(C(=O)N4N=CCC4c4cc(F)cc(F)c4)C3)c(F)cn2)n1. The molecular formula is C22H20F3N7O2. The number of urea groups is 1. The highest BCUT2D eigenvalue weighted by atomic mass is 19.1. The molecule has 0 aliphatic carbocycles. The van der Waals surface area contributed by atoms with Crippen LogP contribution in [-0.4, -0.2) is 61.1 Å². The number of nitrogens with zero attached hydrogens (tertiary/aromatic N) is 7. The maximum atomic E-state index is 14.3. The average molecular weight is 471 g/mol. The van der Waals surface area contributed by atoms with Crippen molar-refractivity contribution in [2.75, 3.05) is 13.1 Å². The van der Waals surface area contributed by atoms with Crippen molar-refractivity contribution in [1.82, 2.24) is 29.7 Å². The Morgan fingerprint density at radius 2 is 1.82 bits per heavy atom. The van der Waals surface area contributed by atoms with Crippen molar-refractivity contribution in [3.63, 3.8) is 0 Å². The Bertz CT molecular complexity index is 1270. The molecule has 4 heterocycles. The molecule has 0 bridgehead atoms. The monoisotopic (exact) mass is 471 g/mol. The van der Waals surface area contributed by atoms with Gasteiger partial charge in [0.15, 0.2) is 17.4 Å².